The normalized spacial score (nSPS) is 12.3. The molecule has 0 fully saturated rings. The summed E-state index contributed by atoms with van der Waals surface area (Å²) >= 11 is 7.50. The highest BCUT2D eigenvalue weighted by Crippen LogP contribution is 2.53. The van der Waals surface area contributed by atoms with Gasteiger partial charge in [0.05, 0.1) is 0 Å². The molecule has 0 N–H and O–H groups in total. The highest BCUT2D eigenvalue weighted by molar-refractivity contribution is 7.26. The van der Waals surface area contributed by atoms with Crippen LogP contribution in [0.4, 0.5) is 0 Å². The summed E-state index contributed by atoms with van der Waals surface area (Å²) in [6, 6.07) is 163. The number of thiophene rings is 4. The van der Waals surface area contributed by atoms with Crippen LogP contribution < -0.4 is 0 Å². The standard InChI is InChI=1S/C35H22S.C29H18S.C29H20.2C25H16S/c1-21-7-8-23-11-16-29-28(15-10-24-9-14-27(21)34(23)35(24)29)26-13-18-33-31(20-26)30-19-25(12-17-32(30)36-33)22-5-3-2-4-6-22;1-17-9-10-18-13-16-23-21(15-12-19-11-14-20(17)27(18)28(19)23)24-6-4-7-25-22-5-2-3-8-26(22)30-29(24)25;1-17-5-6-20-12-16-26-24(15-11-21-9-13-22(17)28(20)29(21)26)23-14-10-19-8-7-18-3-2-4-25(23)27(18)19;1-15-6-7-16-10-13-21-19(22-14-26-23-5-3-2-4-20(22)23)12-9-17-8-11-18(15)24(16)25(17)21;1-15-6-7-16-10-13-21-20(23-14-18-4-2-3-5-22(18)26-23)12-9-17-8-11-19(15)24(16)25(17)21/h2-20H,1H3;2-16H,1H3;2-6,9-16H,7-8H2,1H3;2*2-14H,1H3. The Kier molecular flexibility index (Phi) is 19.6. The van der Waals surface area contributed by atoms with Gasteiger partial charge in [-0.2, -0.15) is 0 Å². The third-order valence-corrected chi connectivity index (χ3v) is 37.1. The van der Waals surface area contributed by atoms with E-state index in [-0.39, 0.29) is 0 Å². The molecule has 147 heavy (non-hydrogen) atoms. The van der Waals surface area contributed by atoms with Gasteiger partial charge in [0.2, 0.25) is 0 Å². The summed E-state index contributed by atoms with van der Waals surface area (Å²) in [6.45, 7) is 11.1. The van der Waals surface area contributed by atoms with Crippen molar-refractivity contribution in [1.82, 2.24) is 0 Å². The van der Waals surface area contributed by atoms with Crippen LogP contribution in [0.5, 0.6) is 0 Å². The second kappa shape index (κ2) is 33.7. The monoisotopic (exact) mass is 1940 g/mol. The van der Waals surface area contributed by atoms with Crippen LogP contribution >= 0.6 is 45.3 Å². The van der Waals surface area contributed by atoms with E-state index in [4.69, 9.17) is 0 Å². The van der Waals surface area contributed by atoms with Crippen molar-refractivity contribution in [3.63, 3.8) is 0 Å². The summed E-state index contributed by atoms with van der Waals surface area (Å²) in [6.07, 6.45) is 2.35. The predicted molar refractivity (Wildman–Crippen MR) is 648 cm³/mol. The first-order valence-corrected chi connectivity index (χ1v) is 54.5. The maximum atomic E-state index is 2.40. The van der Waals surface area contributed by atoms with Crippen molar-refractivity contribution >= 4 is 278 Å². The van der Waals surface area contributed by atoms with Crippen molar-refractivity contribution in [3.8, 4) is 66.1 Å². The smallest absolute Gasteiger partial charge is 0.0434 e. The van der Waals surface area contributed by atoms with Gasteiger partial charge in [0, 0.05) is 71.1 Å². The first kappa shape index (κ1) is 85.8. The van der Waals surface area contributed by atoms with Crippen molar-refractivity contribution < 1.29 is 0 Å². The Bertz CT molecular complexity index is 11200. The molecule has 0 saturated heterocycles. The minimum absolute atomic E-state index is 1.17. The molecule has 1 aliphatic rings. The molecule has 33 aromatic rings. The van der Waals surface area contributed by atoms with Crippen molar-refractivity contribution in [2.45, 2.75) is 47.5 Å². The summed E-state index contributed by atoms with van der Waals surface area (Å²) in [4.78, 5) is 1.35. The van der Waals surface area contributed by atoms with E-state index in [1.54, 1.807) is 0 Å². The summed E-state index contributed by atoms with van der Waals surface area (Å²) < 4.78 is 8.12. The average Bonchev–Trinajstić information content (AvgIpc) is 1.57. The fourth-order valence-corrected chi connectivity index (χ4v) is 29.8. The maximum Gasteiger partial charge on any atom is 0.0434 e. The van der Waals surface area contributed by atoms with Gasteiger partial charge >= 0.3 is 0 Å². The molecule has 4 heterocycles. The summed E-state index contributed by atoms with van der Waals surface area (Å²) in [7, 11) is 0. The third kappa shape index (κ3) is 13.5. The Balaban J connectivity index is 0.0000000854. The van der Waals surface area contributed by atoms with Crippen LogP contribution in [0.25, 0.3) is 299 Å². The van der Waals surface area contributed by atoms with Gasteiger partial charge < -0.3 is 0 Å². The highest BCUT2D eigenvalue weighted by atomic mass is 32.1. The molecular formula is C143H92S4. The van der Waals surface area contributed by atoms with Gasteiger partial charge in [0.25, 0.3) is 0 Å². The molecule has 4 heteroatoms. The molecule has 0 radical (unpaired) electrons. The molecule has 0 nitrogen and oxygen atoms in total. The molecule has 0 saturated carbocycles. The number of benzene rings is 29. The van der Waals surface area contributed by atoms with E-state index in [1.807, 2.05) is 45.3 Å². The van der Waals surface area contributed by atoms with Gasteiger partial charge in [0.15, 0.2) is 0 Å². The molecular weight excluding hydrogens is 1850 g/mol. The fraction of sp³-hybridized carbons (Fsp3) is 0.0490. The second-order valence-corrected chi connectivity index (χ2v) is 44.8. The summed E-state index contributed by atoms with van der Waals surface area (Å²) in [5, 5.41) is 54.1. The predicted octanol–water partition coefficient (Wildman–Crippen LogP) is 42.9. The van der Waals surface area contributed by atoms with E-state index in [0.717, 1.165) is 0 Å². The molecule has 1 aliphatic carbocycles. The van der Waals surface area contributed by atoms with E-state index in [9.17, 15) is 0 Å². The van der Waals surface area contributed by atoms with Crippen molar-refractivity contribution in [3.05, 3.63) is 481 Å². The Morgan fingerprint density at radius 3 is 0.986 bits per heavy atom. The first-order valence-electron chi connectivity index (χ1n) is 51.2. The van der Waals surface area contributed by atoms with Gasteiger partial charge in [0.1, 0.15) is 0 Å². The van der Waals surface area contributed by atoms with E-state index in [2.05, 4.69) is 477 Å². The molecule has 0 atom stereocenters. The molecule has 0 bridgehead atoms. The lowest BCUT2D eigenvalue weighted by Crippen LogP contribution is -1.90. The molecule has 0 unspecified atom stereocenters. The summed E-state index contributed by atoms with van der Waals surface area (Å²) in [5.41, 5.74) is 24.3. The van der Waals surface area contributed by atoms with Crippen LogP contribution in [0.15, 0.2) is 442 Å². The van der Waals surface area contributed by atoms with Gasteiger partial charge in [-0.1, -0.05) is 388 Å². The van der Waals surface area contributed by atoms with Crippen LogP contribution in [-0.2, 0) is 12.8 Å². The Labute approximate surface area is 865 Å². The van der Waals surface area contributed by atoms with Crippen LogP contribution in [0.3, 0.4) is 0 Å². The zero-order chi connectivity index (χ0) is 97.2. The lowest BCUT2D eigenvalue weighted by atomic mass is 9.87. The summed E-state index contributed by atoms with van der Waals surface area (Å²) in [5.74, 6) is 0. The van der Waals surface area contributed by atoms with E-state index >= 15 is 0 Å². The van der Waals surface area contributed by atoms with Gasteiger partial charge in [-0.25, -0.2) is 0 Å². The third-order valence-electron chi connectivity index (χ3n) is 32.6. The lowest BCUT2D eigenvalue weighted by Gasteiger charge is -2.16. The second-order valence-electron chi connectivity index (χ2n) is 40.7. The van der Waals surface area contributed by atoms with Crippen LogP contribution in [0, 0.1) is 34.6 Å². The van der Waals surface area contributed by atoms with E-state index in [1.165, 1.54) is 351 Å². The van der Waals surface area contributed by atoms with Gasteiger partial charge in [-0.3, -0.25) is 0 Å². The molecule has 0 aliphatic heterocycles. The first-order chi connectivity index (χ1) is 72.4. The van der Waals surface area contributed by atoms with E-state index in [0.29, 0.717) is 0 Å². The lowest BCUT2D eigenvalue weighted by molar-refractivity contribution is 1.02. The maximum absolute atomic E-state index is 2.40. The number of hydrogen-bond donors (Lipinski definition) is 0. The van der Waals surface area contributed by atoms with Crippen LogP contribution in [-0.4, -0.2) is 0 Å². The largest absolute Gasteiger partial charge is 0.143 e. The van der Waals surface area contributed by atoms with Crippen molar-refractivity contribution in [1.29, 1.82) is 0 Å². The van der Waals surface area contributed by atoms with Gasteiger partial charge in [-0.15, -0.1) is 45.3 Å². The zero-order valence-corrected chi connectivity index (χ0v) is 85.0. The van der Waals surface area contributed by atoms with E-state index < -0.39 is 0 Å². The molecule has 688 valence electrons. The number of rotatable bonds is 6. The minimum atomic E-state index is 1.17. The molecule has 4 aromatic heterocycles. The van der Waals surface area contributed by atoms with Crippen molar-refractivity contribution in [2.75, 3.05) is 0 Å². The molecule has 34 rings (SSSR count). The van der Waals surface area contributed by atoms with Crippen LogP contribution in [0.1, 0.15) is 38.9 Å². The minimum Gasteiger partial charge on any atom is -0.143 e. The number of fused-ring (bicyclic) bond motifs is 8. The van der Waals surface area contributed by atoms with Crippen LogP contribution in [0.2, 0.25) is 0 Å². The highest BCUT2D eigenvalue weighted by Gasteiger charge is 2.25. The number of aryl methyl sites for hydroxylation is 7. The fourth-order valence-electron chi connectivity index (χ4n) is 25.4. The number of hydrogen-bond acceptors (Lipinski definition) is 4. The zero-order valence-electron chi connectivity index (χ0n) is 81.7. The Morgan fingerprint density at radius 1 is 0.156 bits per heavy atom. The molecule has 0 spiro atoms. The topological polar surface area (TPSA) is 0 Å². The van der Waals surface area contributed by atoms with Crippen molar-refractivity contribution in [2.24, 2.45) is 0 Å². The Morgan fingerprint density at radius 2 is 0.490 bits per heavy atom. The molecule has 29 aromatic carbocycles. The Hall–Kier alpha value is -16.8. The SMILES string of the molecule is Cc1ccc2ccc3c(-c4cc5ccccc5s4)ccc4ccc1c2c43.Cc1ccc2ccc3c(-c4ccc5c6c(cccc46)CC5)ccc4ccc1c2c43.Cc1ccc2ccc3c(-c4ccc5sc6ccc(-c7ccccc7)cc6c5c4)ccc4ccc1c2c43.Cc1ccc2ccc3c(-c4cccc5c4sc4ccccc45)ccc4ccc1c2c43.Cc1ccc2ccc3c(-c4csc5ccccc45)ccc4ccc1c2c43. The average molecular weight is 1940 g/mol. The quantitative estimate of drug-likeness (QED) is 0.146. The van der Waals surface area contributed by atoms with Gasteiger partial charge in [-0.05, 0) is 368 Å². The molecule has 0 amide bonds.